The molecule has 0 aromatic rings. The Morgan fingerprint density at radius 3 is 2.80 bits per heavy atom. The summed E-state index contributed by atoms with van der Waals surface area (Å²) < 4.78 is 25.7. The predicted octanol–water partition coefficient (Wildman–Crippen LogP) is 0.848. The fraction of sp³-hybridized carbons (Fsp3) is 1.00. The second kappa shape index (κ2) is 6.45. The summed E-state index contributed by atoms with van der Waals surface area (Å²) >= 11 is 0. The molecule has 1 aliphatic rings. The summed E-state index contributed by atoms with van der Waals surface area (Å²) in [7, 11) is -3.03. The van der Waals surface area contributed by atoms with E-state index in [0.29, 0.717) is 12.6 Å². The molecular formula is C10H22N2O2S. The van der Waals surface area contributed by atoms with Gasteiger partial charge >= 0.3 is 0 Å². The van der Waals surface area contributed by atoms with Crippen molar-refractivity contribution in [2.24, 2.45) is 0 Å². The number of hydrogen-bond donors (Lipinski definition) is 2. The van der Waals surface area contributed by atoms with Crippen LogP contribution in [0.3, 0.4) is 0 Å². The van der Waals surface area contributed by atoms with Crippen LogP contribution in [0.4, 0.5) is 0 Å². The summed E-state index contributed by atoms with van der Waals surface area (Å²) in [6.45, 7) is 3.56. The van der Waals surface area contributed by atoms with E-state index in [1.165, 1.54) is 12.8 Å². The molecule has 0 aromatic heterocycles. The maximum absolute atomic E-state index is 11.5. The Morgan fingerprint density at radius 2 is 2.20 bits per heavy atom. The third kappa shape index (κ3) is 5.49. The summed E-state index contributed by atoms with van der Waals surface area (Å²) in [4.78, 5) is 0. The quantitative estimate of drug-likeness (QED) is 0.716. The number of unbranched alkanes of at least 4 members (excludes halogenated alkanes) is 1. The van der Waals surface area contributed by atoms with Crippen LogP contribution in [0.1, 0.15) is 39.0 Å². The molecule has 0 radical (unpaired) electrons. The van der Waals surface area contributed by atoms with Crippen LogP contribution in [-0.4, -0.2) is 33.3 Å². The largest absolute Gasteiger partial charge is 0.313 e. The highest BCUT2D eigenvalue weighted by Crippen LogP contribution is 2.06. The van der Waals surface area contributed by atoms with Gasteiger partial charge in [0.05, 0.1) is 5.75 Å². The third-order valence-electron chi connectivity index (χ3n) is 2.73. The Bertz CT molecular complexity index is 259. The van der Waals surface area contributed by atoms with Crippen molar-refractivity contribution >= 4 is 10.0 Å². The van der Waals surface area contributed by atoms with Crippen molar-refractivity contribution in [3.63, 3.8) is 0 Å². The average Bonchev–Trinajstić information content (AvgIpc) is 2.25. The van der Waals surface area contributed by atoms with Crippen LogP contribution in [0.25, 0.3) is 0 Å². The minimum absolute atomic E-state index is 0.260. The van der Waals surface area contributed by atoms with Crippen LogP contribution >= 0.6 is 0 Å². The topological polar surface area (TPSA) is 58.2 Å². The number of piperidine rings is 1. The van der Waals surface area contributed by atoms with Crippen LogP contribution in [0.5, 0.6) is 0 Å². The molecule has 1 rings (SSSR count). The molecule has 1 atom stereocenters. The lowest BCUT2D eigenvalue weighted by Crippen LogP contribution is -2.43. The van der Waals surface area contributed by atoms with Crippen molar-refractivity contribution in [2.75, 3.05) is 18.8 Å². The molecule has 0 saturated carbocycles. The molecule has 1 aliphatic heterocycles. The van der Waals surface area contributed by atoms with Crippen LogP contribution in [0.15, 0.2) is 0 Å². The number of rotatable bonds is 6. The first-order valence-corrected chi connectivity index (χ1v) is 7.50. The zero-order valence-electron chi connectivity index (χ0n) is 9.46. The molecular weight excluding hydrogens is 212 g/mol. The van der Waals surface area contributed by atoms with Crippen molar-refractivity contribution < 1.29 is 8.42 Å². The second-order valence-corrected chi connectivity index (χ2v) is 6.09. The lowest BCUT2D eigenvalue weighted by Gasteiger charge is -2.23. The molecule has 5 heteroatoms. The van der Waals surface area contributed by atoms with Gasteiger partial charge in [0.25, 0.3) is 0 Å². The van der Waals surface area contributed by atoms with Gasteiger partial charge in [0, 0.05) is 12.6 Å². The van der Waals surface area contributed by atoms with E-state index in [1.807, 2.05) is 6.92 Å². The normalized spacial score (nSPS) is 22.9. The highest BCUT2D eigenvalue weighted by Gasteiger charge is 2.15. The van der Waals surface area contributed by atoms with Crippen LogP contribution in [-0.2, 0) is 10.0 Å². The molecule has 15 heavy (non-hydrogen) atoms. The van der Waals surface area contributed by atoms with Gasteiger partial charge in [-0.3, -0.25) is 0 Å². The highest BCUT2D eigenvalue weighted by molar-refractivity contribution is 7.89. The Labute approximate surface area is 92.9 Å². The van der Waals surface area contributed by atoms with Crippen LogP contribution in [0.2, 0.25) is 0 Å². The van der Waals surface area contributed by atoms with Crippen molar-refractivity contribution in [3.05, 3.63) is 0 Å². The smallest absolute Gasteiger partial charge is 0.211 e. The monoisotopic (exact) mass is 234 g/mol. The third-order valence-corrected chi connectivity index (χ3v) is 4.16. The molecule has 0 amide bonds. The van der Waals surface area contributed by atoms with Crippen molar-refractivity contribution in [2.45, 2.75) is 45.1 Å². The Morgan fingerprint density at radius 1 is 1.40 bits per heavy atom. The molecule has 1 heterocycles. The zero-order valence-corrected chi connectivity index (χ0v) is 10.3. The zero-order chi connectivity index (χ0) is 11.1. The fourth-order valence-corrected chi connectivity index (χ4v) is 3.00. The van der Waals surface area contributed by atoms with Gasteiger partial charge in [-0.1, -0.05) is 19.8 Å². The van der Waals surface area contributed by atoms with Gasteiger partial charge in [-0.05, 0) is 25.8 Å². The van der Waals surface area contributed by atoms with E-state index in [9.17, 15) is 8.42 Å². The van der Waals surface area contributed by atoms with Crippen LogP contribution < -0.4 is 10.0 Å². The van der Waals surface area contributed by atoms with Gasteiger partial charge in [-0.2, -0.15) is 0 Å². The first-order valence-electron chi connectivity index (χ1n) is 5.85. The maximum Gasteiger partial charge on any atom is 0.211 e. The van der Waals surface area contributed by atoms with Crippen molar-refractivity contribution in [1.82, 2.24) is 10.0 Å². The summed E-state index contributed by atoms with van der Waals surface area (Å²) in [6.07, 6.45) is 5.15. The van der Waals surface area contributed by atoms with Crippen LogP contribution in [0, 0.1) is 0 Å². The molecule has 1 unspecified atom stereocenters. The molecule has 90 valence electrons. The summed E-state index contributed by atoms with van der Waals surface area (Å²) in [5.74, 6) is 0.260. The molecule has 2 N–H and O–H groups in total. The maximum atomic E-state index is 11.5. The molecule has 0 aliphatic carbocycles. The molecule has 1 fully saturated rings. The van der Waals surface area contributed by atoms with E-state index in [1.54, 1.807) is 0 Å². The van der Waals surface area contributed by atoms with Gasteiger partial charge in [-0.15, -0.1) is 0 Å². The van der Waals surface area contributed by atoms with Gasteiger partial charge in [0.1, 0.15) is 0 Å². The summed E-state index contributed by atoms with van der Waals surface area (Å²) in [5.41, 5.74) is 0. The van der Waals surface area contributed by atoms with Crippen molar-refractivity contribution in [1.29, 1.82) is 0 Å². The van der Waals surface area contributed by atoms with E-state index in [0.717, 1.165) is 25.8 Å². The Balaban J connectivity index is 2.22. The average molecular weight is 234 g/mol. The minimum Gasteiger partial charge on any atom is -0.313 e. The fourth-order valence-electron chi connectivity index (χ4n) is 1.73. The second-order valence-electron chi connectivity index (χ2n) is 4.17. The van der Waals surface area contributed by atoms with Gasteiger partial charge in [0.15, 0.2) is 0 Å². The molecule has 4 nitrogen and oxygen atoms in total. The lowest BCUT2D eigenvalue weighted by molar-refractivity contribution is 0.398. The van der Waals surface area contributed by atoms with Crippen molar-refractivity contribution in [3.8, 4) is 0 Å². The molecule has 0 bridgehead atoms. The predicted molar refractivity (Wildman–Crippen MR) is 62.3 cm³/mol. The molecule has 0 aromatic carbocycles. The Hall–Kier alpha value is -0.130. The minimum atomic E-state index is -3.03. The van der Waals surface area contributed by atoms with E-state index >= 15 is 0 Å². The van der Waals surface area contributed by atoms with Gasteiger partial charge in [0.2, 0.25) is 10.0 Å². The SMILES string of the molecule is CCCCS(=O)(=O)NCC1CCCCN1. The highest BCUT2D eigenvalue weighted by atomic mass is 32.2. The van der Waals surface area contributed by atoms with E-state index in [-0.39, 0.29) is 5.75 Å². The summed E-state index contributed by atoms with van der Waals surface area (Å²) in [6, 6.07) is 0.329. The summed E-state index contributed by atoms with van der Waals surface area (Å²) in [5, 5.41) is 3.32. The standard InChI is InChI=1S/C10H22N2O2S/c1-2-3-8-15(13,14)12-9-10-6-4-5-7-11-10/h10-12H,2-9H2,1H3. The first-order chi connectivity index (χ1) is 7.14. The van der Waals surface area contributed by atoms with Gasteiger partial charge < -0.3 is 5.32 Å². The van der Waals surface area contributed by atoms with E-state index in [2.05, 4.69) is 10.0 Å². The lowest BCUT2D eigenvalue weighted by atomic mass is 10.1. The molecule has 0 spiro atoms. The van der Waals surface area contributed by atoms with Gasteiger partial charge in [-0.25, -0.2) is 13.1 Å². The van der Waals surface area contributed by atoms with E-state index < -0.39 is 10.0 Å². The first kappa shape index (κ1) is 12.9. The molecule has 1 saturated heterocycles. The Kier molecular flexibility index (Phi) is 5.56. The number of sulfonamides is 1. The number of hydrogen-bond acceptors (Lipinski definition) is 3. The van der Waals surface area contributed by atoms with E-state index in [4.69, 9.17) is 0 Å². The number of nitrogens with one attached hydrogen (secondary N) is 2.